The molecule has 1 fully saturated rings. The normalized spacial score (nSPS) is 18.8. The third-order valence-corrected chi connectivity index (χ3v) is 2.66. The number of rotatable bonds is 5. The molecule has 0 amide bonds. The van der Waals surface area contributed by atoms with Crippen molar-refractivity contribution in [3.05, 3.63) is 0 Å². The first-order valence-electron chi connectivity index (χ1n) is 4.75. The highest BCUT2D eigenvalue weighted by Crippen LogP contribution is 2.23. The van der Waals surface area contributed by atoms with E-state index >= 15 is 0 Å². The Kier molecular flexibility index (Phi) is 3.87. The molecule has 2 heteroatoms. The second-order valence-electron chi connectivity index (χ2n) is 3.56. The van der Waals surface area contributed by atoms with Crippen LogP contribution in [0.15, 0.2) is 0 Å². The highest BCUT2D eigenvalue weighted by atomic mass is 15.1. The SMILES string of the molecule is CN(CCCCN)C1CCC1. The maximum Gasteiger partial charge on any atom is 0.00922 e. The quantitative estimate of drug-likeness (QED) is 0.606. The Labute approximate surface area is 69.8 Å². The summed E-state index contributed by atoms with van der Waals surface area (Å²) in [6.07, 6.45) is 6.71. The minimum Gasteiger partial charge on any atom is -0.330 e. The molecule has 2 nitrogen and oxygen atoms in total. The zero-order valence-corrected chi connectivity index (χ0v) is 7.55. The first-order valence-corrected chi connectivity index (χ1v) is 4.75. The smallest absolute Gasteiger partial charge is 0.00922 e. The van der Waals surface area contributed by atoms with Crippen LogP contribution in [0.2, 0.25) is 0 Å². The minimum absolute atomic E-state index is 0.846. The summed E-state index contributed by atoms with van der Waals surface area (Å²) in [6, 6.07) is 0.896. The molecule has 2 N–H and O–H groups in total. The molecule has 1 saturated carbocycles. The van der Waals surface area contributed by atoms with Crippen LogP contribution in [0, 0.1) is 0 Å². The van der Waals surface area contributed by atoms with Crippen LogP contribution in [0.5, 0.6) is 0 Å². The second kappa shape index (κ2) is 4.73. The minimum atomic E-state index is 0.846. The van der Waals surface area contributed by atoms with Gasteiger partial charge in [0.15, 0.2) is 0 Å². The van der Waals surface area contributed by atoms with Gasteiger partial charge in [-0.3, -0.25) is 0 Å². The molecule has 0 bridgehead atoms. The van der Waals surface area contributed by atoms with Gasteiger partial charge in [-0.25, -0.2) is 0 Å². The number of nitrogens with two attached hydrogens (primary N) is 1. The third kappa shape index (κ3) is 2.80. The van der Waals surface area contributed by atoms with Crippen molar-refractivity contribution in [2.45, 2.75) is 38.1 Å². The first-order chi connectivity index (χ1) is 5.34. The molecule has 0 atom stereocenters. The van der Waals surface area contributed by atoms with E-state index in [-0.39, 0.29) is 0 Å². The van der Waals surface area contributed by atoms with Gasteiger partial charge in [-0.05, 0) is 45.8 Å². The third-order valence-electron chi connectivity index (χ3n) is 2.66. The Hall–Kier alpha value is -0.0800. The van der Waals surface area contributed by atoms with E-state index < -0.39 is 0 Å². The first kappa shape index (κ1) is 9.01. The highest BCUT2D eigenvalue weighted by molar-refractivity contribution is 4.77. The average Bonchev–Trinajstić information content (AvgIpc) is 1.84. The Bertz CT molecular complexity index is 99.7. The lowest BCUT2D eigenvalue weighted by Crippen LogP contribution is -2.37. The standard InChI is InChI=1S/C9H20N2/c1-11(8-3-2-7-10)9-5-4-6-9/h9H,2-8,10H2,1H3. The van der Waals surface area contributed by atoms with Crippen molar-refractivity contribution >= 4 is 0 Å². The number of hydrogen-bond acceptors (Lipinski definition) is 2. The number of nitrogens with zero attached hydrogens (tertiary/aromatic N) is 1. The molecule has 0 radical (unpaired) electrons. The summed E-state index contributed by atoms with van der Waals surface area (Å²) < 4.78 is 0. The van der Waals surface area contributed by atoms with Crippen LogP contribution in [-0.2, 0) is 0 Å². The maximum absolute atomic E-state index is 5.42. The van der Waals surface area contributed by atoms with Crippen molar-refractivity contribution in [2.75, 3.05) is 20.1 Å². The van der Waals surface area contributed by atoms with E-state index in [1.54, 1.807) is 0 Å². The fourth-order valence-corrected chi connectivity index (χ4v) is 1.52. The van der Waals surface area contributed by atoms with Crippen molar-refractivity contribution in [2.24, 2.45) is 5.73 Å². The Morgan fingerprint density at radius 2 is 2.09 bits per heavy atom. The fourth-order valence-electron chi connectivity index (χ4n) is 1.52. The maximum atomic E-state index is 5.42. The van der Waals surface area contributed by atoms with E-state index in [0.717, 1.165) is 12.6 Å². The summed E-state index contributed by atoms with van der Waals surface area (Å²) in [6.45, 7) is 2.08. The zero-order valence-electron chi connectivity index (χ0n) is 7.55. The Balaban J connectivity index is 1.96. The highest BCUT2D eigenvalue weighted by Gasteiger charge is 2.20. The van der Waals surface area contributed by atoms with Gasteiger partial charge in [0, 0.05) is 6.04 Å². The molecule has 1 rings (SSSR count). The van der Waals surface area contributed by atoms with E-state index in [1.165, 1.54) is 38.6 Å². The van der Waals surface area contributed by atoms with Crippen LogP contribution >= 0.6 is 0 Å². The van der Waals surface area contributed by atoms with Crippen molar-refractivity contribution in [1.29, 1.82) is 0 Å². The van der Waals surface area contributed by atoms with Gasteiger partial charge in [0.1, 0.15) is 0 Å². The van der Waals surface area contributed by atoms with E-state index in [4.69, 9.17) is 5.73 Å². The molecule has 66 valence electrons. The van der Waals surface area contributed by atoms with Crippen LogP contribution in [0.4, 0.5) is 0 Å². The molecule has 0 saturated heterocycles. The van der Waals surface area contributed by atoms with Crippen molar-refractivity contribution < 1.29 is 0 Å². The van der Waals surface area contributed by atoms with Gasteiger partial charge in [-0.15, -0.1) is 0 Å². The molecule has 0 spiro atoms. The predicted octanol–water partition coefficient (Wildman–Crippen LogP) is 1.21. The lowest BCUT2D eigenvalue weighted by molar-refractivity contribution is 0.157. The summed E-state index contributed by atoms with van der Waals surface area (Å²) in [4.78, 5) is 2.49. The predicted molar refractivity (Wildman–Crippen MR) is 48.6 cm³/mol. The number of unbranched alkanes of at least 4 members (excludes halogenated alkanes) is 1. The summed E-state index contributed by atoms with van der Waals surface area (Å²) in [7, 11) is 2.24. The van der Waals surface area contributed by atoms with Crippen molar-refractivity contribution in [3.63, 3.8) is 0 Å². The lowest BCUT2D eigenvalue weighted by atomic mass is 9.92. The molecular weight excluding hydrogens is 136 g/mol. The van der Waals surface area contributed by atoms with Gasteiger partial charge in [-0.2, -0.15) is 0 Å². The average molecular weight is 156 g/mol. The molecule has 0 unspecified atom stereocenters. The van der Waals surface area contributed by atoms with Crippen molar-refractivity contribution in [1.82, 2.24) is 4.90 Å². The van der Waals surface area contributed by atoms with Gasteiger partial charge in [0.05, 0.1) is 0 Å². The van der Waals surface area contributed by atoms with Crippen LogP contribution in [0.3, 0.4) is 0 Å². The van der Waals surface area contributed by atoms with Crippen LogP contribution in [0.25, 0.3) is 0 Å². The largest absolute Gasteiger partial charge is 0.330 e. The van der Waals surface area contributed by atoms with Gasteiger partial charge in [-0.1, -0.05) is 6.42 Å². The molecule has 0 aromatic rings. The second-order valence-corrected chi connectivity index (χ2v) is 3.56. The van der Waals surface area contributed by atoms with E-state index in [2.05, 4.69) is 11.9 Å². The fraction of sp³-hybridized carbons (Fsp3) is 1.00. The Morgan fingerprint density at radius 3 is 2.55 bits per heavy atom. The summed E-state index contributed by atoms with van der Waals surface area (Å²) in [5.74, 6) is 0. The lowest BCUT2D eigenvalue weighted by Gasteiger charge is -2.34. The van der Waals surface area contributed by atoms with Gasteiger partial charge in [0.2, 0.25) is 0 Å². The van der Waals surface area contributed by atoms with E-state index in [1.807, 2.05) is 0 Å². The molecule has 0 aromatic heterocycles. The summed E-state index contributed by atoms with van der Waals surface area (Å²) in [5.41, 5.74) is 5.42. The molecule has 1 aliphatic rings. The van der Waals surface area contributed by atoms with E-state index in [0.29, 0.717) is 0 Å². The monoisotopic (exact) mass is 156 g/mol. The van der Waals surface area contributed by atoms with Crippen molar-refractivity contribution in [3.8, 4) is 0 Å². The molecule has 11 heavy (non-hydrogen) atoms. The van der Waals surface area contributed by atoms with Crippen LogP contribution < -0.4 is 5.73 Å². The topological polar surface area (TPSA) is 29.3 Å². The van der Waals surface area contributed by atoms with E-state index in [9.17, 15) is 0 Å². The molecule has 0 aromatic carbocycles. The molecule has 1 aliphatic carbocycles. The summed E-state index contributed by atoms with van der Waals surface area (Å²) >= 11 is 0. The van der Waals surface area contributed by atoms with Crippen LogP contribution in [0.1, 0.15) is 32.1 Å². The zero-order chi connectivity index (χ0) is 8.10. The van der Waals surface area contributed by atoms with Gasteiger partial charge in [0.25, 0.3) is 0 Å². The Morgan fingerprint density at radius 1 is 1.36 bits per heavy atom. The molecule has 0 heterocycles. The van der Waals surface area contributed by atoms with Gasteiger partial charge < -0.3 is 10.6 Å². The van der Waals surface area contributed by atoms with Gasteiger partial charge >= 0.3 is 0 Å². The number of hydrogen-bond donors (Lipinski definition) is 1. The van der Waals surface area contributed by atoms with Crippen LogP contribution in [-0.4, -0.2) is 31.1 Å². The summed E-state index contributed by atoms with van der Waals surface area (Å²) in [5, 5.41) is 0. The molecular formula is C9H20N2. The molecule has 0 aliphatic heterocycles.